The number of rotatable bonds is 10. The standard InChI is InChI=1S/C23H28FN3O5S/c1-27(2)11-4-3-10-25-18-12-14(24)8-9-19(18)33(30,31)26-21-17-13-32-22-15(20(17)21)6-5-7-16(22)23(28)29/h5-9,12,17,20-21,25-26H,3-4,10-11,13H2,1-2H3,(H,28,29). The number of nitrogens with zero attached hydrogens (tertiary/aromatic N) is 1. The molecule has 1 fully saturated rings. The average molecular weight is 478 g/mol. The van der Waals surface area contributed by atoms with E-state index in [4.69, 9.17) is 4.74 Å². The van der Waals surface area contributed by atoms with Crippen LogP contribution >= 0.6 is 0 Å². The maximum absolute atomic E-state index is 13.9. The van der Waals surface area contributed by atoms with Gasteiger partial charge in [0.05, 0.1) is 12.3 Å². The quantitative estimate of drug-likeness (QED) is 0.452. The van der Waals surface area contributed by atoms with Crippen molar-refractivity contribution in [3.8, 4) is 5.75 Å². The first-order chi connectivity index (χ1) is 15.7. The van der Waals surface area contributed by atoms with Crippen molar-refractivity contribution in [3.63, 3.8) is 0 Å². The van der Waals surface area contributed by atoms with Gasteiger partial charge in [0.15, 0.2) is 0 Å². The monoisotopic (exact) mass is 477 g/mol. The van der Waals surface area contributed by atoms with Crippen LogP contribution in [-0.4, -0.2) is 64.2 Å². The Labute approximate surface area is 192 Å². The normalized spacial score (nSPS) is 21.2. The number of anilines is 1. The predicted octanol–water partition coefficient (Wildman–Crippen LogP) is 2.73. The van der Waals surface area contributed by atoms with Crippen LogP contribution in [0.3, 0.4) is 0 Å². The molecule has 2 aromatic rings. The lowest BCUT2D eigenvalue weighted by molar-refractivity contribution is 0.0691. The second kappa shape index (κ2) is 9.28. The largest absolute Gasteiger partial charge is 0.492 e. The van der Waals surface area contributed by atoms with Crippen LogP contribution in [0.25, 0.3) is 0 Å². The molecule has 0 radical (unpaired) electrons. The Morgan fingerprint density at radius 3 is 2.76 bits per heavy atom. The third-order valence-electron chi connectivity index (χ3n) is 6.09. The summed E-state index contributed by atoms with van der Waals surface area (Å²) in [7, 11) is 0.0207. The van der Waals surface area contributed by atoms with Crippen molar-refractivity contribution in [2.45, 2.75) is 29.7 Å². The van der Waals surface area contributed by atoms with Crippen LogP contribution in [0.5, 0.6) is 5.75 Å². The number of fused-ring (bicyclic) bond motifs is 3. The van der Waals surface area contributed by atoms with Gasteiger partial charge in [0.1, 0.15) is 22.0 Å². The summed E-state index contributed by atoms with van der Waals surface area (Å²) in [4.78, 5) is 13.5. The molecule has 8 nitrogen and oxygen atoms in total. The third kappa shape index (κ3) is 4.97. The topological polar surface area (TPSA) is 108 Å². The number of halogens is 1. The maximum Gasteiger partial charge on any atom is 0.339 e. The van der Waals surface area contributed by atoms with E-state index in [9.17, 15) is 22.7 Å². The minimum Gasteiger partial charge on any atom is -0.492 e. The second-order valence-electron chi connectivity index (χ2n) is 8.75. The lowest BCUT2D eigenvalue weighted by Gasteiger charge is -2.17. The SMILES string of the molecule is CN(C)CCCCNc1cc(F)ccc1S(=O)(=O)NC1C2COc3c(C(=O)O)cccc3C21. The Hall–Kier alpha value is -2.69. The molecule has 0 spiro atoms. The molecule has 33 heavy (non-hydrogen) atoms. The van der Waals surface area contributed by atoms with E-state index in [1.165, 1.54) is 18.2 Å². The molecule has 0 aromatic heterocycles. The number of unbranched alkanes of at least 4 members (excludes halogenated alkanes) is 1. The van der Waals surface area contributed by atoms with Gasteiger partial charge >= 0.3 is 5.97 Å². The Bertz CT molecular complexity index is 1150. The highest BCUT2D eigenvalue weighted by Gasteiger charge is 2.57. The summed E-state index contributed by atoms with van der Waals surface area (Å²) in [5.74, 6) is -1.55. The molecule has 178 valence electrons. The van der Waals surface area contributed by atoms with Crippen LogP contribution in [0.15, 0.2) is 41.3 Å². The fourth-order valence-electron chi connectivity index (χ4n) is 4.39. The molecule has 3 N–H and O–H groups in total. The molecule has 0 saturated heterocycles. The van der Waals surface area contributed by atoms with Crippen LogP contribution in [0.4, 0.5) is 10.1 Å². The van der Waals surface area contributed by atoms with Gasteiger partial charge in [0.2, 0.25) is 10.0 Å². The molecule has 3 unspecified atom stereocenters. The Kier molecular flexibility index (Phi) is 6.60. The fraction of sp³-hybridized carbons (Fsp3) is 0.435. The van der Waals surface area contributed by atoms with Crippen molar-refractivity contribution in [3.05, 3.63) is 53.3 Å². The number of aromatic carboxylic acids is 1. The highest BCUT2D eigenvalue weighted by molar-refractivity contribution is 7.89. The molecule has 1 aliphatic heterocycles. The summed E-state index contributed by atoms with van der Waals surface area (Å²) < 4.78 is 48.7. The van der Waals surface area contributed by atoms with E-state index in [1.807, 2.05) is 14.1 Å². The van der Waals surface area contributed by atoms with E-state index in [-0.39, 0.29) is 34.6 Å². The van der Waals surface area contributed by atoms with Crippen molar-refractivity contribution < 1.29 is 27.4 Å². The number of carbonyl (C=O) groups is 1. The maximum atomic E-state index is 13.9. The molecule has 1 saturated carbocycles. The van der Waals surface area contributed by atoms with Gasteiger partial charge in [-0.2, -0.15) is 0 Å². The van der Waals surface area contributed by atoms with E-state index < -0.39 is 27.9 Å². The first-order valence-electron chi connectivity index (χ1n) is 10.9. The molecule has 2 aromatic carbocycles. The van der Waals surface area contributed by atoms with E-state index in [1.54, 1.807) is 12.1 Å². The van der Waals surface area contributed by atoms with Gasteiger partial charge in [-0.1, -0.05) is 12.1 Å². The lowest BCUT2D eigenvalue weighted by atomic mass is 10.0. The molecular formula is C23H28FN3O5S. The molecule has 0 bridgehead atoms. The molecule has 2 aliphatic rings. The molecular weight excluding hydrogens is 449 g/mol. The van der Waals surface area contributed by atoms with Gasteiger partial charge in [0, 0.05) is 30.0 Å². The van der Waals surface area contributed by atoms with Gasteiger partial charge in [-0.3, -0.25) is 0 Å². The van der Waals surface area contributed by atoms with Gasteiger partial charge in [0.25, 0.3) is 0 Å². The Morgan fingerprint density at radius 2 is 2.03 bits per heavy atom. The number of hydrogen-bond acceptors (Lipinski definition) is 6. The average Bonchev–Trinajstić information content (AvgIpc) is 3.45. The molecule has 4 rings (SSSR count). The van der Waals surface area contributed by atoms with Crippen LogP contribution in [0.2, 0.25) is 0 Å². The minimum absolute atomic E-state index is 0.0133. The summed E-state index contributed by atoms with van der Waals surface area (Å²) >= 11 is 0. The van der Waals surface area contributed by atoms with Gasteiger partial charge in [-0.15, -0.1) is 0 Å². The lowest BCUT2D eigenvalue weighted by Crippen LogP contribution is -2.29. The number of ether oxygens (including phenoxy) is 1. The molecule has 1 heterocycles. The fourth-order valence-corrected chi connectivity index (χ4v) is 5.86. The number of carboxylic acids is 1. The van der Waals surface area contributed by atoms with Gasteiger partial charge in [-0.05, 0) is 57.7 Å². The predicted molar refractivity (Wildman–Crippen MR) is 122 cm³/mol. The number of nitrogens with one attached hydrogen (secondary N) is 2. The highest BCUT2D eigenvalue weighted by Crippen LogP contribution is 2.55. The van der Waals surface area contributed by atoms with Crippen molar-refractivity contribution >= 4 is 21.7 Å². The summed E-state index contributed by atoms with van der Waals surface area (Å²) in [6, 6.07) is 8.04. The second-order valence-corrected chi connectivity index (χ2v) is 10.4. The van der Waals surface area contributed by atoms with Crippen molar-refractivity contribution in [1.29, 1.82) is 0 Å². The smallest absolute Gasteiger partial charge is 0.339 e. The van der Waals surface area contributed by atoms with E-state index in [0.717, 1.165) is 25.5 Å². The van der Waals surface area contributed by atoms with Crippen LogP contribution < -0.4 is 14.8 Å². The van der Waals surface area contributed by atoms with Crippen molar-refractivity contribution in [2.75, 3.05) is 39.1 Å². The number of carboxylic acid groups (broad SMARTS) is 1. The summed E-state index contributed by atoms with van der Waals surface area (Å²) in [5, 5.41) is 12.5. The van der Waals surface area contributed by atoms with Crippen molar-refractivity contribution in [2.24, 2.45) is 5.92 Å². The number of sulfonamides is 1. The molecule has 1 aliphatic carbocycles. The van der Waals surface area contributed by atoms with Crippen molar-refractivity contribution in [1.82, 2.24) is 9.62 Å². The van der Waals surface area contributed by atoms with E-state index in [2.05, 4.69) is 14.9 Å². The van der Waals surface area contributed by atoms with Crippen LogP contribution in [0.1, 0.15) is 34.7 Å². The third-order valence-corrected chi connectivity index (χ3v) is 7.61. The zero-order valence-electron chi connectivity index (χ0n) is 18.5. The zero-order valence-corrected chi connectivity index (χ0v) is 19.4. The Balaban J connectivity index is 1.49. The van der Waals surface area contributed by atoms with Crippen LogP contribution in [-0.2, 0) is 10.0 Å². The summed E-state index contributed by atoms with van der Waals surface area (Å²) in [6.07, 6.45) is 1.74. The van der Waals surface area contributed by atoms with Gasteiger partial charge in [-0.25, -0.2) is 22.3 Å². The zero-order chi connectivity index (χ0) is 23.8. The van der Waals surface area contributed by atoms with E-state index in [0.29, 0.717) is 17.9 Å². The van der Waals surface area contributed by atoms with Gasteiger partial charge < -0.3 is 20.1 Å². The number of benzene rings is 2. The molecule has 3 atom stereocenters. The number of para-hydroxylation sites is 1. The summed E-state index contributed by atoms with van der Waals surface area (Å²) in [5.41, 5.74) is 0.983. The van der Waals surface area contributed by atoms with Crippen LogP contribution in [0, 0.1) is 11.7 Å². The highest BCUT2D eigenvalue weighted by atomic mass is 32.2. The molecule has 0 amide bonds. The summed E-state index contributed by atoms with van der Waals surface area (Å²) in [6.45, 7) is 1.67. The van der Waals surface area contributed by atoms with E-state index >= 15 is 0 Å². The number of hydrogen-bond donors (Lipinski definition) is 3. The Morgan fingerprint density at radius 1 is 1.24 bits per heavy atom. The first-order valence-corrected chi connectivity index (χ1v) is 12.4. The first kappa shape index (κ1) is 23.5. The molecule has 10 heteroatoms. The minimum atomic E-state index is -3.95.